The van der Waals surface area contributed by atoms with Crippen molar-refractivity contribution in [1.82, 2.24) is 4.98 Å². The van der Waals surface area contributed by atoms with Crippen LogP contribution in [0, 0.1) is 0 Å². The number of rotatable bonds is 1. The van der Waals surface area contributed by atoms with Crippen molar-refractivity contribution in [2.24, 2.45) is 0 Å². The third-order valence-electron chi connectivity index (χ3n) is 1.84. The first kappa shape index (κ1) is 12.1. The van der Waals surface area contributed by atoms with Crippen LogP contribution in [0.1, 0.15) is 13.8 Å². The van der Waals surface area contributed by atoms with E-state index in [9.17, 15) is 0 Å². The molecule has 15 heavy (non-hydrogen) atoms. The molecule has 0 amide bonds. The van der Waals surface area contributed by atoms with Gasteiger partial charge in [-0.2, -0.15) is 0 Å². The van der Waals surface area contributed by atoms with E-state index in [1.165, 1.54) is 0 Å². The highest BCUT2D eigenvalue weighted by Crippen LogP contribution is 2.26. The normalized spacial score (nSPS) is 9.93. The van der Waals surface area contributed by atoms with Gasteiger partial charge in [-0.1, -0.05) is 32.0 Å². The van der Waals surface area contributed by atoms with E-state index in [1.807, 2.05) is 38.1 Å². The maximum atomic E-state index is 9.11. The molecule has 0 unspecified atom stereocenters. The highest BCUT2D eigenvalue weighted by atomic mass is 31.2. The number of aromatic nitrogens is 1. The van der Waals surface area contributed by atoms with Crippen LogP contribution in [-0.2, 0) is 0 Å². The SMILES string of the molecule is CC.OP(O)c1ccnc2ccccc12. The quantitative estimate of drug-likeness (QED) is 0.728. The van der Waals surface area contributed by atoms with Crippen LogP contribution in [0.5, 0.6) is 0 Å². The van der Waals surface area contributed by atoms with E-state index in [-0.39, 0.29) is 0 Å². The van der Waals surface area contributed by atoms with Gasteiger partial charge in [0.2, 0.25) is 0 Å². The molecule has 2 N–H and O–H groups in total. The van der Waals surface area contributed by atoms with Crippen molar-refractivity contribution < 1.29 is 9.79 Å². The summed E-state index contributed by atoms with van der Waals surface area (Å²) in [6.45, 7) is 4.00. The minimum Gasteiger partial charge on any atom is -0.347 e. The summed E-state index contributed by atoms with van der Waals surface area (Å²) < 4.78 is 0. The first-order chi connectivity index (χ1) is 7.29. The van der Waals surface area contributed by atoms with Crippen molar-refractivity contribution in [2.45, 2.75) is 13.8 Å². The highest BCUT2D eigenvalue weighted by molar-refractivity contribution is 7.54. The molecule has 4 heteroatoms. The lowest BCUT2D eigenvalue weighted by atomic mass is 10.2. The third kappa shape index (κ3) is 2.72. The summed E-state index contributed by atoms with van der Waals surface area (Å²) in [7, 11) is -2.04. The topological polar surface area (TPSA) is 53.4 Å². The Hall–Kier alpha value is -1.02. The molecule has 3 nitrogen and oxygen atoms in total. The lowest BCUT2D eigenvalue weighted by Crippen LogP contribution is -2.01. The van der Waals surface area contributed by atoms with E-state index in [0.29, 0.717) is 5.30 Å². The van der Waals surface area contributed by atoms with E-state index < -0.39 is 8.38 Å². The van der Waals surface area contributed by atoms with Crippen molar-refractivity contribution in [2.75, 3.05) is 0 Å². The van der Waals surface area contributed by atoms with Gasteiger partial charge in [-0.15, -0.1) is 0 Å². The minimum atomic E-state index is -2.04. The fraction of sp³-hybridized carbons (Fsp3) is 0.182. The van der Waals surface area contributed by atoms with Crippen LogP contribution >= 0.6 is 8.38 Å². The number of nitrogens with zero attached hydrogens (tertiary/aromatic N) is 1. The summed E-state index contributed by atoms with van der Waals surface area (Å²) in [5.74, 6) is 0. The zero-order valence-electron chi connectivity index (χ0n) is 8.75. The zero-order chi connectivity index (χ0) is 11.3. The van der Waals surface area contributed by atoms with Gasteiger partial charge >= 0.3 is 0 Å². The van der Waals surface area contributed by atoms with Gasteiger partial charge in [-0.25, -0.2) is 0 Å². The maximum absolute atomic E-state index is 9.11. The molecular weight excluding hydrogens is 209 g/mol. The molecule has 0 saturated carbocycles. The van der Waals surface area contributed by atoms with E-state index in [0.717, 1.165) is 10.9 Å². The molecule has 0 radical (unpaired) electrons. The van der Waals surface area contributed by atoms with Gasteiger partial charge in [0, 0.05) is 16.9 Å². The first-order valence-corrected chi connectivity index (χ1v) is 6.05. The van der Waals surface area contributed by atoms with Crippen molar-refractivity contribution >= 4 is 24.6 Å². The Morgan fingerprint density at radius 2 is 1.73 bits per heavy atom. The van der Waals surface area contributed by atoms with Crippen LogP contribution in [0.25, 0.3) is 10.9 Å². The van der Waals surface area contributed by atoms with Crippen LogP contribution in [0.4, 0.5) is 0 Å². The van der Waals surface area contributed by atoms with E-state index in [4.69, 9.17) is 9.79 Å². The average molecular weight is 223 g/mol. The molecule has 1 aromatic carbocycles. The fourth-order valence-electron chi connectivity index (χ4n) is 1.26. The Bertz CT molecular complexity index is 426. The molecule has 1 aromatic heterocycles. The predicted octanol–water partition coefficient (Wildman–Crippen LogP) is 2.18. The van der Waals surface area contributed by atoms with E-state index in [1.54, 1.807) is 12.3 Å². The van der Waals surface area contributed by atoms with Crippen LogP contribution in [-0.4, -0.2) is 14.8 Å². The summed E-state index contributed by atoms with van der Waals surface area (Å²) in [5.41, 5.74) is 0.788. The van der Waals surface area contributed by atoms with Gasteiger partial charge in [0.1, 0.15) is 0 Å². The van der Waals surface area contributed by atoms with Crippen molar-refractivity contribution in [3.05, 3.63) is 36.5 Å². The maximum Gasteiger partial charge on any atom is 0.200 e. The Kier molecular flexibility index (Phi) is 4.63. The summed E-state index contributed by atoms with van der Waals surface area (Å²) in [5, 5.41) is 1.36. The summed E-state index contributed by atoms with van der Waals surface area (Å²) in [4.78, 5) is 22.3. The number of pyridine rings is 1. The van der Waals surface area contributed by atoms with Crippen LogP contribution in [0.15, 0.2) is 36.5 Å². The molecule has 2 aromatic rings. The minimum absolute atomic E-state index is 0.556. The molecule has 0 spiro atoms. The molecular formula is C11H14NO2P. The molecule has 0 bridgehead atoms. The molecule has 0 aliphatic rings. The molecule has 2 rings (SSSR count). The number of benzene rings is 1. The smallest absolute Gasteiger partial charge is 0.200 e. The van der Waals surface area contributed by atoms with E-state index in [2.05, 4.69) is 4.98 Å². The molecule has 1 heterocycles. The third-order valence-corrected chi connectivity index (χ3v) is 2.66. The second-order valence-corrected chi connectivity index (χ2v) is 3.70. The number of para-hydroxylation sites is 1. The van der Waals surface area contributed by atoms with Crippen LogP contribution in [0.2, 0.25) is 0 Å². The molecule has 0 fully saturated rings. The lowest BCUT2D eigenvalue weighted by molar-refractivity contribution is 0.497. The largest absolute Gasteiger partial charge is 0.347 e. The lowest BCUT2D eigenvalue weighted by Gasteiger charge is -2.05. The fourth-order valence-corrected chi connectivity index (χ4v) is 1.86. The van der Waals surface area contributed by atoms with E-state index >= 15 is 0 Å². The Labute approximate surface area is 90.3 Å². The second kappa shape index (κ2) is 5.76. The molecule has 0 atom stereocenters. The van der Waals surface area contributed by atoms with Crippen molar-refractivity contribution in [3.8, 4) is 0 Å². The number of fused-ring (bicyclic) bond motifs is 1. The molecule has 0 aliphatic carbocycles. The molecule has 0 saturated heterocycles. The average Bonchev–Trinajstić information content (AvgIpc) is 2.31. The van der Waals surface area contributed by atoms with Gasteiger partial charge in [-0.3, -0.25) is 4.98 Å². The Balaban J connectivity index is 0.000000531. The number of hydrogen-bond acceptors (Lipinski definition) is 3. The summed E-state index contributed by atoms with van der Waals surface area (Å²) >= 11 is 0. The van der Waals surface area contributed by atoms with Gasteiger partial charge in [0.15, 0.2) is 8.38 Å². The Morgan fingerprint density at radius 3 is 2.40 bits per heavy atom. The molecule has 0 aliphatic heterocycles. The van der Waals surface area contributed by atoms with Gasteiger partial charge < -0.3 is 9.79 Å². The summed E-state index contributed by atoms with van der Waals surface area (Å²) in [6.07, 6.45) is 1.58. The standard InChI is InChI=1S/C9H8NO2P.C2H6/c11-13(12)9-5-6-10-8-4-2-1-3-7(8)9;1-2/h1-6,11-12H;1-2H3. The first-order valence-electron chi connectivity index (χ1n) is 4.80. The van der Waals surface area contributed by atoms with Crippen molar-refractivity contribution in [1.29, 1.82) is 0 Å². The number of hydrogen-bond donors (Lipinski definition) is 2. The Morgan fingerprint density at radius 1 is 1.07 bits per heavy atom. The van der Waals surface area contributed by atoms with Crippen LogP contribution < -0.4 is 5.30 Å². The van der Waals surface area contributed by atoms with Gasteiger partial charge in [0.25, 0.3) is 0 Å². The van der Waals surface area contributed by atoms with Crippen molar-refractivity contribution in [3.63, 3.8) is 0 Å². The monoisotopic (exact) mass is 223 g/mol. The highest BCUT2D eigenvalue weighted by Gasteiger charge is 2.07. The van der Waals surface area contributed by atoms with Crippen LogP contribution in [0.3, 0.4) is 0 Å². The van der Waals surface area contributed by atoms with Gasteiger partial charge in [-0.05, 0) is 12.1 Å². The van der Waals surface area contributed by atoms with Gasteiger partial charge in [0.05, 0.1) is 5.52 Å². The second-order valence-electron chi connectivity index (χ2n) is 2.64. The predicted molar refractivity (Wildman–Crippen MR) is 64.1 cm³/mol. The zero-order valence-corrected chi connectivity index (χ0v) is 9.65. The molecule has 80 valence electrons. The summed E-state index contributed by atoms with van der Waals surface area (Å²) in [6, 6.07) is 9.04.